The molecule has 1 atom stereocenters. The van der Waals surface area contributed by atoms with Crippen molar-refractivity contribution in [3.8, 4) is 0 Å². The fourth-order valence-corrected chi connectivity index (χ4v) is 1.31. The Bertz CT molecular complexity index is 90.5. The van der Waals surface area contributed by atoms with Crippen LogP contribution in [0.15, 0.2) is 0 Å². The Hall–Kier alpha value is 0.310. The van der Waals surface area contributed by atoms with Gasteiger partial charge in [-0.05, 0) is 6.42 Å². The molecule has 1 unspecified atom stereocenters. The summed E-state index contributed by atoms with van der Waals surface area (Å²) in [6, 6.07) is 0. The fraction of sp³-hybridized carbons (Fsp3) is 1.00. The van der Waals surface area contributed by atoms with Gasteiger partial charge in [-0.1, -0.05) is 32.6 Å². The van der Waals surface area contributed by atoms with E-state index in [0.29, 0.717) is 0 Å². The number of rotatable bonds is 6. The quantitative estimate of drug-likeness (QED) is 0.428. The Morgan fingerprint density at radius 1 is 1.27 bits per heavy atom. The van der Waals surface area contributed by atoms with Gasteiger partial charge >= 0.3 is 0 Å². The van der Waals surface area contributed by atoms with Crippen molar-refractivity contribution in [2.45, 2.75) is 44.8 Å². The van der Waals surface area contributed by atoms with Crippen molar-refractivity contribution in [1.82, 2.24) is 0 Å². The molecule has 3 nitrogen and oxygen atoms in total. The van der Waals surface area contributed by atoms with E-state index in [0.717, 1.165) is 19.3 Å². The Labute approximate surface area is 69.5 Å². The standard InChI is InChI=1S/C7H18NO2P/c1-2-3-4-5-6-7(8)11(9)10/h7,9-10H,2-6,8H2,1H3. The van der Waals surface area contributed by atoms with E-state index in [9.17, 15) is 0 Å². The molecule has 4 N–H and O–H groups in total. The maximum atomic E-state index is 8.67. The first-order chi connectivity index (χ1) is 5.18. The van der Waals surface area contributed by atoms with E-state index in [1.54, 1.807) is 0 Å². The van der Waals surface area contributed by atoms with Gasteiger partial charge < -0.3 is 15.5 Å². The minimum Gasteiger partial charge on any atom is -0.349 e. The van der Waals surface area contributed by atoms with Crippen LogP contribution in [0.2, 0.25) is 0 Å². The molecule has 0 fully saturated rings. The lowest BCUT2D eigenvalue weighted by Gasteiger charge is -2.11. The minimum atomic E-state index is -1.90. The van der Waals surface area contributed by atoms with Crippen LogP contribution >= 0.6 is 8.38 Å². The predicted octanol–water partition coefficient (Wildman–Crippen LogP) is 1.54. The molecule has 0 radical (unpaired) electrons. The maximum absolute atomic E-state index is 8.67. The molecule has 0 heterocycles. The largest absolute Gasteiger partial charge is 0.349 e. The van der Waals surface area contributed by atoms with Crippen LogP contribution in [0.25, 0.3) is 0 Å². The van der Waals surface area contributed by atoms with Crippen LogP contribution in [0.5, 0.6) is 0 Å². The van der Waals surface area contributed by atoms with Gasteiger partial charge in [-0.3, -0.25) is 0 Å². The molecule has 0 aliphatic heterocycles. The molecule has 0 aromatic carbocycles. The predicted molar refractivity (Wildman–Crippen MR) is 48.1 cm³/mol. The molecule has 0 saturated heterocycles. The molecule has 0 aliphatic carbocycles. The van der Waals surface area contributed by atoms with E-state index in [-0.39, 0.29) is 0 Å². The summed E-state index contributed by atoms with van der Waals surface area (Å²) < 4.78 is 0. The highest BCUT2D eigenvalue weighted by Crippen LogP contribution is 2.30. The topological polar surface area (TPSA) is 66.5 Å². The summed E-state index contributed by atoms with van der Waals surface area (Å²) in [6.45, 7) is 2.14. The van der Waals surface area contributed by atoms with Crippen LogP contribution in [-0.4, -0.2) is 15.6 Å². The average Bonchev–Trinajstić information content (AvgIpc) is 1.97. The normalized spacial score (nSPS) is 13.9. The molecule has 0 rings (SSSR count). The van der Waals surface area contributed by atoms with Gasteiger partial charge in [-0.25, -0.2) is 0 Å². The maximum Gasteiger partial charge on any atom is 0.183 e. The molecule has 0 spiro atoms. The lowest BCUT2D eigenvalue weighted by atomic mass is 10.1. The van der Waals surface area contributed by atoms with Crippen molar-refractivity contribution in [1.29, 1.82) is 0 Å². The van der Waals surface area contributed by atoms with Crippen LogP contribution in [0.1, 0.15) is 39.0 Å². The van der Waals surface area contributed by atoms with Gasteiger partial charge in [0.1, 0.15) is 0 Å². The van der Waals surface area contributed by atoms with Crippen LogP contribution in [0.3, 0.4) is 0 Å². The molecule has 4 heteroatoms. The van der Waals surface area contributed by atoms with Gasteiger partial charge in [-0.2, -0.15) is 0 Å². The fourth-order valence-electron chi connectivity index (χ4n) is 0.896. The Kier molecular flexibility index (Phi) is 7.18. The van der Waals surface area contributed by atoms with Crippen molar-refractivity contribution >= 4 is 8.38 Å². The summed E-state index contributed by atoms with van der Waals surface area (Å²) in [5, 5.41) is 0. The monoisotopic (exact) mass is 179 g/mol. The van der Waals surface area contributed by atoms with Crippen molar-refractivity contribution in [2.75, 3.05) is 0 Å². The molecule has 0 bridgehead atoms. The molecule has 0 amide bonds. The van der Waals surface area contributed by atoms with E-state index in [2.05, 4.69) is 6.92 Å². The van der Waals surface area contributed by atoms with Crippen LogP contribution in [0.4, 0.5) is 0 Å². The minimum absolute atomic E-state index is 0.401. The zero-order chi connectivity index (χ0) is 8.69. The summed E-state index contributed by atoms with van der Waals surface area (Å²) >= 11 is 0. The summed E-state index contributed by atoms with van der Waals surface area (Å²) in [4.78, 5) is 17.3. The number of hydrogen-bond donors (Lipinski definition) is 3. The third-order valence-corrected chi connectivity index (χ3v) is 2.50. The van der Waals surface area contributed by atoms with Crippen molar-refractivity contribution in [3.05, 3.63) is 0 Å². The average molecular weight is 179 g/mol. The molecule has 11 heavy (non-hydrogen) atoms. The van der Waals surface area contributed by atoms with Crippen LogP contribution in [0, 0.1) is 0 Å². The lowest BCUT2D eigenvalue weighted by Crippen LogP contribution is -2.16. The first-order valence-electron chi connectivity index (χ1n) is 4.11. The van der Waals surface area contributed by atoms with E-state index < -0.39 is 14.2 Å². The van der Waals surface area contributed by atoms with Gasteiger partial charge in [-0.15, -0.1) is 0 Å². The van der Waals surface area contributed by atoms with E-state index in [1.165, 1.54) is 12.8 Å². The molecule has 68 valence electrons. The molecule has 0 aromatic heterocycles. The molecule has 0 saturated carbocycles. The Morgan fingerprint density at radius 3 is 2.36 bits per heavy atom. The first kappa shape index (κ1) is 11.3. The van der Waals surface area contributed by atoms with E-state index >= 15 is 0 Å². The zero-order valence-electron chi connectivity index (χ0n) is 7.03. The van der Waals surface area contributed by atoms with Gasteiger partial charge in [0.25, 0.3) is 0 Å². The van der Waals surface area contributed by atoms with E-state index in [1.807, 2.05) is 0 Å². The van der Waals surface area contributed by atoms with Crippen molar-refractivity contribution in [2.24, 2.45) is 5.73 Å². The number of hydrogen-bond acceptors (Lipinski definition) is 3. The van der Waals surface area contributed by atoms with Crippen molar-refractivity contribution < 1.29 is 9.79 Å². The second-order valence-corrected chi connectivity index (χ2v) is 4.04. The third kappa shape index (κ3) is 6.70. The Balaban J connectivity index is 3.10. The number of nitrogens with two attached hydrogens (primary N) is 1. The van der Waals surface area contributed by atoms with Crippen LogP contribution in [-0.2, 0) is 0 Å². The van der Waals surface area contributed by atoms with E-state index in [4.69, 9.17) is 15.5 Å². The summed E-state index contributed by atoms with van der Waals surface area (Å²) in [5.41, 5.74) is 5.43. The summed E-state index contributed by atoms with van der Waals surface area (Å²) in [5.74, 6) is -0.401. The summed E-state index contributed by atoms with van der Waals surface area (Å²) in [6.07, 6.45) is 5.30. The lowest BCUT2D eigenvalue weighted by molar-refractivity contribution is 0.455. The smallest absolute Gasteiger partial charge is 0.183 e. The highest BCUT2D eigenvalue weighted by Gasteiger charge is 2.10. The van der Waals surface area contributed by atoms with Crippen molar-refractivity contribution in [3.63, 3.8) is 0 Å². The molecular weight excluding hydrogens is 161 g/mol. The number of unbranched alkanes of at least 4 members (excludes halogenated alkanes) is 3. The van der Waals surface area contributed by atoms with Gasteiger partial charge in [0.05, 0.1) is 5.78 Å². The SMILES string of the molecule is CCCCCCC(N)P(O)O. The van der Waals surface area contributed by atoms with Gasteiger partial charge in [0.15, 0.2) is 8.38 Å². The van der Waals surface area contributed by atoms with Gasteiger partial charge in [0, 0.05) is 0 Å². The molecular formula is C7H18NO2P. The van der Waals surface area contributed by atoms with Gasteiger partial charge in [0.2, 0.25) is 0 Å². The summed E-state index contributed by atoms with van der Waals surface area (Å²) in [7, 11) is -1.90. The van der Waals surface area contributed by atoms with Crippen LogP contribution < -0.4 is 5.73 Å². The highest BCUT2D eigenvalue weighted by atomic mass is 31.2. The second kappa shape index (κ2) is 6.99. The Morgan fingerprint density at radius 2 is 1.91 bits per heavy atom. The highest BCUT2D eigenvalue weighted by molar-refractivity contribution is 7.45. The molecule has 0 aromatic rings. The third-order valence-electron chi connectivity index (χ3n) is 1.65. The second-order valence-electron chi connectivity index (χ2n) is 2.74. The zero-order valence-corrected chi connectivity index (χ0v) is 7.93. The molecule has 0 aliphatic rings. The first-order valence-corrected chi connectivity index (χ1v) is 5.42.